The van der Waals surface area contributed by atoms with E-state index in [1.54, 1.807) is 13.8 Å². The highest BCUT2D eigenvalue weighted by atomic mass is 32.2. The predicted octanol–water partition coefficient (Wildman–Crippen LogP) is 0.571. The second-order valence-electron chi connectivity index (χ2n) is 5.28. The van der Waals surface area contributed by atoms with E-state index in [4.69, 9.17) is 5.11 Å². The fourth-order valence-corrected chi connectivity index (χ4v) is 3.32. The van der Waals surface area contributed by atoms with Crippen LogP contribution >= 0.6 is 0 Å². The molecule has 1 unspecified atom stereocenters. The quantitative estimate of drug-likeness (QED) is 0.714. The highest BCUT2D eigenvalue weighted by Crippen LogP contribution is 2.44. The molecule has 0 radical (unpaired) electrons. The summed E-state index contributed by atoms with van der Waals surface area (Å²) in [4.78, 5) is 22.9. The van der Waals surface area contributed by atoms with Crippen LogP contribution in [-0.4, -0.2) is 42.9 Å². The van der Waals surface area contributed by atoms with Gasteiger partial charge in [0.1, 0.15) is 0 Å². The van der Waals surface area contributed by atoms with E-state index in [0.717, 1.165) is 6.42 Å². The molecule has 110 valence electrons. The number of aliphatic carboxylic acids is 1. The summed E-state index contributed by atoms with van der Waals surface area (Å²) in [5.74, 6) is -1.41. The molecular formula is C12H21NO5S. The van der Waals surface area contributed by atoms with Crippen LogP contribution in [0.25, 0.3) is 0 Å². The Morgan fingerprint density at radius 1 is 1.37 bits per heavy atom. The van der Waals surface area contributed by atoms with Crippen molar-refractivity contribution in [1.82, 2.24) is 5.32 Å². The SMILES string of the molecule is CCS(=O)(=O)CC(C)NC(=O)CC1(C(=O)O)CCC1. The minimum Gasteiger partial charge on any atom is -0.481 e. The van der Waals surface area contributed by atoms with Gasteiger partial charge in [-0.3, -0.25) is 9.59 Å². The van der Waals surface area contributed by atoms with Crippen LogP contribution in [0.3, 0.4) is 0 Å². The van der Waals surface area contributed by atoms with Crippen molar-refractivity contribution in [3.8, 4) is 0 Å². The number of carboxylic acids is 1. The van der Waals surface area contributed by atoms with E-state index >= 15 is 0 Å². The van der Waals surface area contributed by atoms with Gasteiger partial charge in [0.25, 0.3) is 0 Å². The Kier molecular flexibility index (Phi) is 4.95. The van der Waals surface area contributed by atoms with Gasteiger partial charge in [0, 0.05) is 18.2 Å². The third kappa shape index (κ3) is 4.19. The molecule has 2 N–H and O–H groups in total. The van der Waals surface area contributed by atoms with Crippen LogP contribution in [-0.2, 0) is 19.4 Å². The Morgan fingerprint density at radius 2 is 1.95 bits per heavy atom. The average Bonchev–Trinajstić information content (AvgIpc) is 2.21. The van der Waals surface area contributed by atoms with Crippen molar-refractivity contribution in [2.24, 2.45) is 5.41 Å². The molecule has 7 heteroatoms. The number of rotatable bonds is 7. The van der Waals surface area contributed by atoms with Crippen molar-refractivity contribution >= 4 is 21.7 Å². The largest absolute Gasteiger partial charge is 0.481 e. The van der Waals surface area contributed by atoms with Crippen molar-refractivity contribution in [1.29, 1.82) is 0 Å². The molecule has 0 aromatic heterocycles. The standard InChI is InChI=1S/C12H21NO5S/c1-3-19(17,18)8-9(2)13-10(14)7-12(11(15)16)5-4-6-12/h9H,3-8H2,1-2H3,(H,13,14)(H,15,16). The first-order chi connectivity index (χ1) is 8.71. The number of amides is 1. The molecule has 6 nitrogen and oxygen atoms in total. The molecule has 0 spiro atoms. The monoisotopic (exact) mass is 291 g/mol. The lowest BCUT2D eigenvalue weighted by atomic mass is 9.66. The Hall–Kier alpha value is -1.11. The summed E-state index contributed by atoms with van der Waals surface area (Å²) in [5.41, 5.74) is -0.937. The maximum absolute atomic E-state index is 11.8. The zero-order valence-corrected chi connectivity index (χ0v) is 12.1. The Morgan fingerprint density at radius 3 is 2.32 bits per heavy atom. The van der Waals surface area contributed by atoms with Crippen LogP contribution in [0, 0.1) is 5.41 Å². The van der Waals surface area contributed by atoms with Gasteiger partial charge in [-0.2, -0.15) is 0 Å². The van der Waals surface area contributed by atoms with Gasteiger partial charge in [0.05, 0.1) is 11.2 Å². The van der Waals surface area contributed by atoms with E-state index in [-0.39, 0.29) is 23.8 Å². The van der Waals surface area contributed by atoms with Crippen molar-refractivity contribution in [2.75, 3.05) is 11.5 Å². The van der Waals surface area contributed by atoms with Gasteiger partial charge in [-0.25, -0.2) is 8.42 Å². The molecule has 1 atom stereocenters. The number of carboxylic acid groups (broad SMARTS) is 1. The highest BCUT2D eigenvalue weighted by molar-refractivity contribution is 7.91. The number of hydrogen-bond donors (Lipinski definition) is 2. The molecule has 0 aromatic rings. The zero-order valence-electron chi connectivity index (χ0n) is 11.3. The molecule has 1 aliphatic carbocycles. The van der Waals surface area contributed by atoms with Crippen molar-refractivity contribution in [3.05, 3.63) is 0 Å². The van der Waals surface area contributed by atoms with E-state index in [2.05, 4.69) is 5.32 Å². The Bertz CT molecular complexity index is 453. The van der Waals surface area contributed by atoms with Gasteiger partial charge >= 0.3 is 5.97 Å². The fourth-order valence-electron chi connectivity index (χ4n) is 2.24. The van der Waals surface area contributed by atoms with E-state index in [1.807, 2.05) is 0 Å². The molecule has 1 rings (SSSR count). The highest BCUT2D eigenvalue weighted by Gasteiger charge is 2.46. The Labute approximate surface area is 113 Å². The smallest absolute Gasteiger partial charge is 0.310 e. The van der Waals surface area contributed by atoms with E-state index in [0.29, 0.717) is 12.8 Å². The maximum Gasteiger partial charge on any atom is 0.310 e. The topological polar surface area (TPSA) is 101 Å². The molecule has 0 aromatic carbocycles. The third-order valence-corrected chi connectivity index (χ3v) is 5.50. The summed E-state index contributed by atoms with van der Waals surface area (Å²) in [7, 11) is -3.15. The number of nitrogens with one attached hydrogen (secondary N) is 1. The molecule has 0 heterocycles. The van der Waals surface area contributed by atoms with Crippen molar-refractivity contribution in [2.45, 2.75) is 45.6 Å². The first kappa shape index (κ1) is 15.9. The molecule has 1 saturated carbocycles. The van der Waals surface area contributed by atoms with Gasteiger partial charge in [0.15, 0.2) is 9.84 Å². The Balaban J connectivity index is 2.49. The van der Waals surface area contributed by atoms with Gasteiger partial charge in [0.2, 0.25) is 5.91 Å². The molecule has 1 fully saturated rings. The predicted molar refractivity (Wildman–Crippen MR) is 70.5 cm³/mol. The first-order valence-corrected chi connectivity index (χ1v) is 8.26. The van der Waals surface area contributed by atoms with E-state index < -0.39 is 27.3 Å². The summed E-state index contributed by atoms with van der Waals surface area (Å²) in [6, 6.07) is -0.497. The van der Waals surface area contributed by atoms with Crippen molar-refractivity contribution < 1.29 is 23.1 Å². The summed E-state index contributed by atoms with van der Waals surface area (Å²) < 4.78 is 22.8. The van der Waals surface area contributed by atoms with Crippen molar-refractivity contribution in [3.63, 3.8) is 0 Å². The second-order valence-corrected chi connectivity index (χ2v) is 7.68. The number of carbonyl (C=O) groups is 2. The summed E-state index contributed by atoms with van der Waals surface area (Å²) >= 11 is 0. The summed E-state index contributed by atoms with van der Waals surface area (Å²) in [6.07, 6.45) is 1.77. The van der Waals surface area contributed by atoms with Crippen LogP contribution in [0.15, 0.2) is 0 Å². The summed E-state index contributed by atoms with van der Waals surface area (Å²) in [5, 5.41) is 11.7. The van der Waals surface area contributed by atoms with Gasteiger partial charge in [-0.1, -0.05) is 13.3 Å². The third-order valence-electron chi connectivity index (χ3n) is 3.61. The molecule has 0 bridgehead atoms. The van der Waals surface area contributed by atoms with E-state index in [1.165, 1.54) is 0 Å². The second kappa shape index (κ2) is 5.90. The fraction of sp³-hybridized carbons (Fsp3) is 0.833. The molecule has 1 aliphatic rings. The normalized spacial score (nSPS) is 19.3. The van der Waals surface area contributed by atoms with Crippen LogP contribution in [0.4, 0.5) is 0 Å². The van der Waals surface area contributed by atoms with Crippen LogP contribution in [0.1, 0.15) is 39.5 Å². The molecule has 1 amide bonds. The van der Waals surface area contributed by atoms with Gasteiger partial charge < -0.3 is 10.4 Å². The van der Waals surface area contributed by atoms with Crippen LogP contribution < -0.4 is 5.32 Å². The molecule has 0 saturated heterocycles. The lowest BCUT2D eigenvalue weighted by molar-refractivity contribution is -0.157. The van der Waals surface area contributed by atoms with Crippen LogP contribution in [0.5, 0.6) is 0 Å². The van der Waals surface area contributed by atoms with Crippen LogP contribution in [0.2, 0.25) is 0 Å². The summed E-state index contributed by atoms with van der Waals surface area (Å²) in [6.45, 7) is 3.16. The minimum absolute atomic E-state index is 0.0340. The number of hydrogen-bond acceptors (Lipinski definition) is 4. The lowest BCUT2D eigenvalue weighted by Crippen LogP contribution is -2.45. The molecular weight excluding hydrogens is 270 g/mol. The molecule has 0 aliphatic heterocycles. The maximum atomic E-state index is 11.8. The lowest BCUT2D eigenvalue weighted by Gasteiger charge is -2.37. The zero-order chi connectivity index (χ0) is 14.7. The number of carbonyl (C=O) groups excluding carboxylic acids is 1. The molecule has 19 heavy (non-hydrogen) atoms. The number of sulfone groups is 1. The van der Waals surface area contributed by atoms with Gasteiger partial charge in [-0.15, -0.1) is 0 Å². The minimum atomic E-state index is -3.15. The van der Waals surface area contributed by atoms with E-state index in [9.17, 15) is 18.0 Å². The van der Waals surface area contributed by atoms with Gasteiger partial charge in [-0.05, 0) is 19.8 Å². The average molecular weight is 291 g/mol. The first-order valence-electron chi connectivity index (χ1n) is 6.44.